The van der Waals surface area contributed by atoms with E-state index in [0.29, 0.717) is 5.69 Å². The maximum atomic E-state index is 12.4. The number of nitrogens with one attached hydrogen (secondary N) is 2. The summed E-state index contributed by atoms with van der Waals surface area (Å²) in [5.74, 6) is 0.598. The van der Waals surface area contributed by atoms with E-state index in [2.05, 4.69) is 15.3 Å². The molecule has 2 aromatic carbocycles. The van der Waals surface area contributed by atoms with E-state index in [9.17, 15) is 4.79 Å². The average molecular weight is 336 g/mol. The number of aromatic nitrogens is 2. The maximum Gasteiger partial charge on any atom is 0.245 e. The molecule has 2 atom stereocenters. The van der Waals surface area contributed by atoms with Crippen LogP contribution in [0.15, 0.2) is 48.5 Å². The molecule has 0 aliphatic carbocycles. The lowest BCUT2D eigenvalue weighted by atomic mass is 10.1. The van der Waals surface area contributed by atoms with Crippen LogP contribution in [0.25, 0.3) is 11.0 Å². The summed E-state index contributed by atoms with van der Waals surface area (Å²) in [5.41, 5.74) is 9.23. The van der Waals surface area contributed by atoms with Crippen LogP contribution in [0.5, 0.6) is 0 Å². The fourth-order valence-corrected chi connectivity index (χ4v) is 3.08. The second kappa shape index (κ2) is 6.66. The summed E-state index contributed by atoms with van der Waals surface area (Å²) in [7, 11) is 0. The minimum atomic E-state index is -0.707. The summed E-state index contributed by atoms with van der Waals surface area (Å²) in [6.45, 7) is 0.778. The van der Waals surface area contributed by atoms with Gasteiger partial charge < -0.3 is 20.8 Å². The number of H-pyrrole nitrogens is 1. The van der Waals surface area contributed by atoms with Crippen LogP contribution in [0, 0.1) is 0 Å². The van der Waals surface area contributed by atoms with Gasteiger partial charge in [-0.3, -0.25) is 4.79 Å². The molecule has 1 amide bonds. The van der Waals surface area contributed by atoms with E-state index in [1.807, 2.05) is 48.5 Å². The van der Waals surface area contributed by atoms with E-state index in [1.54, 1.807) is 0 Å². The largest absolute Gasteiger partial charge is 0.370 e. The van der Waals surface area contributed by atoms with Gasteiger partial charge in [0.2, 0.25) is 5.91 Å². The first kappa shape index (κ1) is 15.8. The first-order valence-corrected chi connectivity index (χ1v) is 8.43. The summed E-state index contributed by atoms with van der Waals surface area (Å²) in [6, 6.07) is 14.2. The van der Waals surface area contributed by atoms with E-state index < -0.39 is 6.04 Å². The zero-order chi connectivity index (χ0) is 17.2. The zero-order valence-corrected chi connectivity index (χ0v) is 13.7. The fraction of sp³-hybridized carbons (Fsp3) is 0.263. The van der Waals surface area contributed by atoms with Crippen LogP contribution < -0.4 is 11.1 Å². The number of nitrogens with zero attached hydrogens (tertiary/aromatic N) is 1. The number of fused-ring (bicyclic) bond motifs is 1. The summed E-state index contributed by atoms with van der Waals surface area (Å²) < 4.78 is 5.66. The van der Waals surface area contributed by atoms with Crippen molar-refractivity contribution in [3.63, 3.8) is 0 Å². The lowest BCUT2D eigenvalue weighted by Gasteiger charge is -2.12. The van der Waals surface area contributed by atoms with Crippen molar-refractivity contribution in [1.82, 2.24) is 9.97 Å². The smallest absolute Gasteiger partial charge is 0.245 e. The van der Waals surface area contributed by atoms with Gasteiger partial charge in [0.15, 0.2) is 0 Å². The molecule has 1 saturated heterocycles. The quantitative estimate of drug-likeness (QED) is 0.682. The van der Waals surface area contributed by atoms with Crippen LogP contribution in [0.4, 0.5) is 5.69 Å². The number of aromatic amines is 1. The number of hydrogen-bond donors (Lipinski definition) is 3. The summed E-state index contributed by atoms with van der Waals surface area (Å²) in [4.78, 5) is 20.3. The molecular weight excluding hydrogens is 316 g/mol. The molecule has 128 valence electrons. The predicted octanol–water partition coefficient (Wildman–Crippen LogP) is 3.05. The molecule has 1 aliphatic rings. The number of benzene rings is 2. The van der Waals surface area contributed by atoms with Crippen molar-refractivity contribution in [2.75, 3.05) is 11.9 Å². The highest BCUT2D eigenvalue weighted by Crippen LogP contribution is 2.28. The van der Waals surface area contributed by atoms with Crippen LogP contribution in [0.1, 0.15) is 36.4 Å². The third-order valence-corrected chi connectivity index (χ3v) is 4.44. The number of hydrogen-bond acceptors (Lipinski definition) is 4. The van der Waals surface area contributed by atoms with Gasteiger partial charge in [0, 0.05) is 12.3 Å². The second-order valence-corrected chi connectivity index (χ2v) is 6.23. The lowest BCUT2D eigenvalue weighted by molar-refractivity contribution is -0.117. The van der Waals surface area contributed by atoms with Crippen molar-refractivity contribution in [2.45, 2.75) is 25.0 Å². The van der Waals surface area contributed by atoms with Crippen molar-refractivity contribution >= 4 is 22.6 Å². The minimum Gasteiger partial charge on any atom is -0.370 e. The molecule has 25 heavy (non-hydrogen) atoms. The topological polar surface area (TPSA) is 93.0 Å². The van der Waals surface area contributed by atoms with Gasteiger partial charge in [-0.25, -0.2) is 4.98 Å². The van der Waals surface area contributed by atoms with Crippen molar-refractivity contribution in [1.29, 1.82) is 0 Å². The number of imidazole rings is 1. The minimum absolute atomic E-state index is 0.0388. The Morgan fingerprint density at radius 3 is 2.88 bits per heavy atom. The molecule has 1 fully saturated rings. The van der Waals surface area contributed by atoms with Crippen molar-refractivity contribution in [3.05, 3.63) is 59.9 Å². The number of nitrogens with two attached hydrogens (primary N) is 1. The molecule has 4 N–H and O–H groups in total. The van der Waals surface area contributed by atoms with Crippen LogP contribution in [-0.2, 0) is 9.53 Å². The van der Waals surface area contributed by atoms with Gasteiger partial charge in [0.1, 0.15) is 18.0 Å². The normalized spacial score (nSPS) is 18.4. The molecule has 1 aromatic heterocycles. The molecule has 4 rings (SSSR count). The summed E-state index contributed by atoms with van der Waals surface area (Å²) in [6.07, 6.45) is 2.08. The lowest BCUT2D eigenvalue weighted by Crippen LogP contribution is -2.27. The molecule has 2 unspecified atom stereocenters. The number of ether oxygens (including phenoxy) is 1. The Labute approximate surface area is 145 Å². The highest BCUT2D eigenvalue weighted by atomic mass is 16.5. The Bertz CT molecular complexity index is 885. The zero-order valence-electron chi connectivity index (χ0n) is 13.7. The average Bonchev–Trinajstić information content (AvgIpc) is 3.30. The van der Waals surface area contributed by atoms with Crippen molar-refractivity contribution in [2.24, 2.45) is 5.73 Å². The van der Waals surface area contributed by atoms with Gasteiger partial charge in [0.25, 0.3) is 0 Å². The molecule has 1 aliphatic heterocycles. The number of amides is 1. The molecule has 2 heterocycles. The predicted molar refractivity (Wildman–Crippen MR) is 96.0 cm³/mol. The van der Waals surface area contributed by atoms with E-state index in [0.717, 1.165) is 41.9 Å². The van der Waals surface area contributed by atoms with Gasteiger partial charge in [-0.2, -0.15) is 0 Å². The Kier molecular flexibility index (Phi) is 4.21. The third kappa shape index (κ3) is 3.26. The van der Waals surface area contributed by atoms with E-state index in [1.165, 1.54) is 0 Å². The SMILES string of the molecule is NC(C(=O)Nc1ccc2nc(C3CCCO3)[nH]c2c1)c1ccccc1. The van der Waals surface area contributed by atoms with Gasteiger partial charge in [-0.1, -0.05) is 30.3 Å². The van der Waals surface area contributed by atoms with Crippen LogP contribution in [-0.4, -0.2) is 22.5 Å². The van der Waals surface area contributed by atoms with Gasteiger partial charge in [0.05, 0.1) is 11.0 Å². The molecular formula is C19H20N4O2. The Hall–Kier alpha value is -2.70. The highest BCUT2D eigenvalue weighted by Gasteiger charge is 2.21. The third-order valence-electron chi connectivity index (χ3n) is 4.44. The molecule has 0 radical (unpaired) electrons. The van der Waals surface area contributed by atoms with Crippen LogP contribution in [0.3, 0.4) is 0 Å². The number of carbonyl (C=O) groups excluding carboxylic acids is 1. The number of anilines is 1. The molecule has 6 heteroatoms. The van der Waals surface area contributed by atoms with E-state index in [-0.39, 0.29) is 12.0 Å². The van der Waals surface area contributed by atoms with E-state index >= 15 is 0 Å². The first-order chi connectivity index (χ1) is 12.2. The molecule has 6 nitrogen and oxygen atoms in total. The Balaban J connectivity index is 1.52. The first-order valence-electron chi connectivity index (χ1n) is 8.43. The van der Waals surface area contributed by atoms with Gasteiger partial charge in [-0.15, -0.1) is 0 Å². The number of carbonyl (C=O) groups is 1. The second-order valence-electron chi connectivity index (χ2n) is 6.23. The molecule has 0 spiro atoms. The van der Waals surface area contributed by atoms with Crippen molar-refractivity contribution in [3.8, 4) is 0 Å². The standard InChI is InChI=1S/C19H20N4O2/c20-17(12-5-2-1-3-6-12)19(24)21-13-8-9-14-15(11-13)23-18(22-14)16-7-4-10-25-16/h1-3,5-6,8-9,11,16-17H,4,7,10,20H2,(H,21,24)(H,22,23). The van der Waals surface area contributed by atoms with Crippen molar-refractivity contribution < 1.29 is 9.53 Å². The highest BCUT2D eigenvalue weighted by molar-refractivity contribution is 5.96. The monoisotopic (exact) mass is 336 g/mol. The molecule has 0 saturated carbocycles. The van der Waals surface area contributed by atoms with E-state index in [4.69, 9.17) is 10.5 Å². The van der Waals surface area contributed by atoms with Gasteiger partial charge >= 0.3 is 0 Å². The van der Waals surface area contributed by atoms with Gasteiger partial charge in [-0.05, 0) is 36.6 Å². The maximum absolute atomic E-state index is 12.4. The summed E-state index contributed by atoms with van der Waals surface area (Å²) >= 11 is 0. The Morgan fingerprint density at radius 2 is 2.12 bits per heavy atom. The molecule has 0 bridgehead atoms. The number of rotatable bonds is 4. The molecule has 3 aromatic rings. The summed E-state index contributed by atoms with van der Waals surface area (Å²) in [5, 5.41) is 2.87. The fourth-order valence-electron chi connectivity index (χ4n) is 3.08. The van der Waals surface area contributed by atoms with Crippen LogP contribution >= 0.6 is 0 Å². The van der Waals surface area contributed by atoms with Crippen LogP contribution in [0.2, 0.25) is 0 Å². The Morgan fingerprint density at radius 1 is 1.28 bits per heavy atom.